The van der Waals surface area contributed by atoms with E-state index in [0.29, 0.717) is 18.9 Å². The van der Waals surface area contributed by atoms with Crippen LogP contribution >= 0.6 is 0 Å². The highest BCUT2D eigenvalue weighted by atomic mass is 16.2. The predicted molar refractivity (Wildman–Crippen MR) is 74.4 cm³/mol. The molecule has 3 N–H and O–H groups in total. The molecular formula is C13H26N4O. The molecule has 5 nitrogen and oxygen atoms in total. The first-order chi connectivity index (χ1) is 8.38. The quantitative estimate of drug-likeness (QED) is 0.585. The molecule has 0 atom stereocenters. The van der Waals surface area contributed by atoms with Gasteiger partial charge in [0.15, 0.2) is 5.96 Å². The highest BCUT2D eigenvalue weighted by Gasteiger charge is 2.15. The Labute approximate surface area is 110 Å². The van der Waals surface area contributed by atoms with Crippen LogP contribution in [-0.2, 0) is 4.79 Å². The van der Waals surface area contributed by atoms with E-state index >= 15 is 0 Å². The molecule has 0 aliphatic carbocycles. The molecule has 1 rings (SSSR count). The van der Waals surface area contributed by atoms with Gasteiger partial charge in [0.05, 0.1) is 6.54 Å². The lowest BCUT2D eigenvalue weighted by Gasteiger charge is -2.26. The molecule has 0 saturated carbocycles. The van der Waals surface area contributed by atoms with Crippen molar-refractivity contribution in [2.45, 2.75) is 52.0 Å². The lowest BCUT2D eigenvalue weighted by Crippen LogP contribution is -2.45. The topological polar surface area (TPSA) is 70.7 Å². The van der Waals surface area contributed by atoms with E-state index in [1.54, 1.807) is 0 Å². The molecule has 5 heteroatoms. The van der Waals surface area contributed by atoms with Gasteiger partial charge in [-0.25, -0.2) is 0 Å². The van der Waals surface area contributed by atoms with Crippen molar-refractivity contribution in [1.82, 2.24) is 10.2 Å². The second kappa shape index (κ2) is 6.61. The number of hydrogen-bond donors (Lipinski definition) is 2. The number of hydrogen-bond acceptors (Lipinski definition) is 2. The molecule has 0 aromatic heterocycles. The van der Waals surface area contributed by atoms with Crippen LogP contribution in [0.2, 0.25) is 0 Å². The third-order valence-electron chi connectivity index (χ3n) is 2.82. The Hall–Kier alpha value is -1.26. The number of carbonyl (C=O) groups is 1. The van der Waals surface area contributed by atoms with E-state index < -0.39 is 0 Å². The number of nitrogens with zero attached hydrogens (tertiary/aromatic N) is 2. The van der Waals surface area contributed by atoms with Gasteiger partial charge >= 0.3 is 0 Å². The molecule has 18 heavy (non-hydrogen) atoms. The fourth-order valence-electron chi connectivity index (χ4n) is 2.00. The maximum Gasteiger partial charge on any atom is 0.224 e. The molecule has 0 radical (unpaired) electrons. The number of likely N-dealkylation sites (tertiary alicyclic amines) is 1. The Morgan fingerprint density at radius 2 is 1.89 bits per heavy atom. The van der Waals surface area contributed by atoms with Gasteiger partial charge in [-0.15, -0.1) is 0 Å². The van der Waals surface area contributed by atoms with Crippen molar-refractivity contribution in [3.8, 4) is 0 Å². The Morgan fingerprint density at radius 1 is 1.28 bits per heavy atom. The maximum atomic E-state index is 11.9. The maximum absolute atomic E-state index is 11.9. The van der Waals surface area contributed by atoms with E-state index in [9.17, 15) is 4.79 Å². The van der Waals surface area contributed by atoms with Crippen molar-refractivity contribution >= 4 is 11.9 Å². The van der Waals surface area contributed by atoms with Crippen LogP contribution in [0.5, 0.6) is 0 Å². The van der Waals surface area contributed by atoms with Crippen LogP contribution in [0.25, 0.3) is 0 Å². The van der Waals surface area contributed by atoms with Gasteiger partial charge in [0.2, 0.25) is 5.91 Å². The number of nitrogens with two attached hydrogens (primary N) is 1. The standard InChI is InChI=1S/C13H26N4O/c1-13(2,3)16-12(14)15-8-7-11(18)17-9-5-4-6-10-17/h4-10H2,1-3H3,(H3,14,15,16). The summed E-state index contributed by atoms with van der Waals surface area (Å²) in [6, 6.07) is 0. The first-order valence-corrected chi connectivity index (χ1v) is 6.74. The summed E-state index contributed by atoms with van der Waals surface area (Å²) in [6.07, 6.45) is 3.95. The number of aliphatic imine (C=N–C) groups is 1. The normalized spacial score (nSPS) is 17.7. The SMILES string of the molecule is CC(C)(C)NC(N)=NCCC(=O)N1CCCCC1. The van der Waals surface area contributed by atoms with Crippen molar-refractivity contribution in [2.24, 2.45) is 10.7 Å². The molecule has 1 heterocycles. The van der Waals surface area contributed by atoms with Gasteiger partial charge in [0, 0.05) is 25.0 Å². The van der Waals surface area contributed by atoms with Crippen molar-refractivity contribution in [2.75, 3.05) is 19.6 Å². The van der Waals surface area contributed by atoms with E-state index in [1.807, 2.05) is 25.7 Å². The van der Waals surface area contributed by atoms with Crippen LogP contribution in [0.3, 0.4) is 0 Å². The van der Waals surface area contributed by atoms with Gasteiger partial charge < -0.3 is 16.0 Å². The van der Waals surface area contributed by atoms with Gasteiger partial charge in [0.1, 0.15) is 0 Å². The summed E-state index contributed by atoms with van der Waals surface area (Å²) in [4.78, 5) is 18.0. The summed E-state index contributed by atoms with van der Waals surface area (Å²) < 4.78 is 0. The highest BCUT2D eigenvalue weighted by Crippen LogP contribution is 2.09. The van der Waals surface area contributed by atoms with E-state index in [2.05, 4.69) is 10.3 Å². The van der Waals surface area contributed by atoms with Crippen LogP contribution in [0.15, 0.2) is 4.99 Å². The van der Waals surface area contributed by atoms with Crippen LogP contribution in [0, 0.1) is 0 Å². The number of nitrogens with one attached hydrogen (secondary N) is 1. The number of guanidine groups is 1. The number of carbonyl (C=O) groups excluding carboxylic acids is 1. The molecule has 0 aromatic carbocycles. The number of piperidine rings is 1. The van der Waals surface area contributed by atoms with Crippen LogP contribution in [-0.4, -0.2) is 41.9 Å². The highest BCUT2D eigenvalue weighted by molar-refractivity contribution is 5.80. The zero-order valence-corrected chi connectivity index (χ0v) is 11.8. The molecule has 0 aromatic rings. The van der Waals surface area contributed by atoms with Crippen molar-refractivity contribution in [3.63, 3.8) is 0 Å². The summed E-state index contributed by atoms with van der Waals surface area (Å²) in [5.41, 5.74) is 5.65. The summed E-state index contributed by atoms with van der Waals surface area (Å²) in [7, 11) is 0. The van der Waals surface area contributed by atoms with Crippen molar-refractivity contribution in [3.05, 3.63) is 0 Å². The first-order valence-electron chi connectivity index (χ1n) is 6.74. The lowest BCUT2D eigenvalue weighted by atomic mass is 10.1. The van der Waals surface area contributed by atoms with E-state index in [4.69, 9.17) is 5.73 Å². The Morgan fingerprint density at radius 3 is 2.44 bits per heavy atom. The van der Waals surface area contributed by atoms with E-state index in [0.717, 1.165) is 25.9 Å². The van der Waals surface area contributed by atoms with E-state index in [1.165, 1.54) is 6.42 Å². The van der Waals surface area contributed by atoms with Gasteiger partial charge in [-0.1, -0.05) is 0 Å². The average Bonchev–Trinajstić information content (AvgIpc) is 2.27. The fraction of sp³-hybridized carbons (Fsp3) is 0.846. The monoisotopic (exact) mass is 254 g/mol. The molecule has 1 amide bonds. The molecule has 0 bridgehead atoms. The third kappa shape index (κ3) is 5.89. The molecular weight excluding hydrogens is 228 g/mol. The minimum absolute atomic E-state index is 0.0928. The van der Waals surface area contributed by atoms with Gasteiger partial charge in [-0.3, -0.25) is 9.79 Å². The largest absolute Gasteiger partial charge is 0.370 e. The third-order valence-corrected chi connectivity index (χ3v) is 2.82. The van der Waals surface area contributed by atoms with Gasteiger partial charge in [0.25, 0.3) is 0 Å². The zero-order valence-electron chi connectivity index (χ0n) is 11.8. The second-order valence-corrected chi connectivity index (χ2v) is 5.83. The molecule has 0 spiro atoms. The van der Waals surface area contributed by atoms with Crippen molar-refractivity contribution < 1.29 is 4.79 Å². The zero-order chi connectivity index (χ0) is 13.6. The van der Waals surface area contributed by atoms with Gasteiger partial charge in [-0.2, -0.15) is 0 Å². The summed E-state index contributed by atoms with van der Waals surface area (Å²) in [6.45, 7) is 8.33. The minimum atomic E-state index is -0.0928. The summed E-state index contributed by atoms with van der Waals surface area (Å²) >= 11 is 0. The molecule has 0 unspecified atom stereocenters. The lowest BCUT2D eigenvalue weighted by molar-refractivity contribution is -0.131. The minimum Gasteiger partial charge on any atom is -0.370 e. The number of amides is 1. The summed E-state index contributed by atoms with van der Waals surface area (Å²) in [5.74, 6) is 0.607. The Kier molecular flexibility index (Phi) is 5.44. The molecule has 1 aliphatic rings. The average molecular weight is 254 g/mol. The summed E-state index contributed by atoms with van der Waals surface area (Å²) in [5, 5.41) is 3.08. The first kappa shape index (κ1) is 14.8. The van der Waals surface area contributed by atoms with Crippen LogP contribution in [0.4, 0.5) is 0 Å². The Bertz CT molecular complexity index is 301. The predicted octanol–water partition coefficient (Wildman–Crippen LogP) is 1.09. The second-order valence-electron chi connectivity index (χ2n) is 5.83. The smallest absolute Gasteiger partial charge is 0.224 e. The van der Waals surface area contributed by atoms with Gasteiger partial charge in [-0.05, 0) is 40.0 Å². The van der Waals surface area contributed by atoms with Crippen molar-refractivity contribution in [1.29, 1.82) is 0 Å². The molecule has 1 saturated heterocycles. The van der Waals surface area contributed by atoms with E-state index in [-0.39, 0.29) is 11.4 Å². The van der Waals surface area contributed by atoms with Crippen LogP contribution < -0.4 is 11.1 Å². The Balaban J connectivity index is 2.27. The molecule has 104 valence electrons. The number of rotatable bonds is 3. The fourth-order valence-corrected chi connectivity index (χ4v) is 2.00. The molecule has 1 aliphatic heterocycles. The molecule has 1 fully saturated rings. The van der Waals surface area contributed by atoms with Crippen LogP contribution in [0.1, 0.15) is 46.5 Å².